The molecule has 0 saturated heterocycles. The minimum absolute atomic E-state index is 0.117. The number of carbonyl (C=O) groups excluding carboxylic acids is 1. The predicted molar refractivity (Wildman–Crippen MR) is 93.3 cm³/mol. The van der Waals surface area contributed by atoms with Crippen LogP contribution in [-0.2, 0) is 0 Å². The van der Waals surface area contributed by atoms with E-state index in [0.717, 1.165) is 29.3 Å². The molecule has 1 amide bonds. The standard InChI is InChI=1S/C17H12FN3O3S/c1-10-2-4-11(5-3-10)17-20-15(9-25-17)16(22)19-14-8-12(21(23)24)6-7-13(14)18/h2-9H,1H3,(H,19,22). The summed E-state index contributed by atoms with van der Waals surface area (Å²) in [5.41, 5.74) is 1.53. The minimum atomic E-state index is -0.757. The molecule has 0 spiro atoms. The maximum atomic E-state index is 13.8. The Balaban J connectivity index is 1.82. The van der Waals surface area contributed by atoms with Crippen LogP contribution in [0, 0.1) is 22.9 Å². The lowest BCUT2D eigenvalue weighted by Crippen LogP contribution is -2.13. The number of amides is 1. The monoisotopic (exact) mass is 357 g/mol. The van der Waals surface area contributed by atoms with Gasteiger partial charge in [0.1, 0.15) is 16.5 Å². The number of anilines is 1. The number of hydrogen-bond acceptors (Lipinski definition) is 5. The molecular weight excluding hydrogens is 345 g/mol. The first-order valence-electron chi connectivity index (χ1n) is 7.22. The van der Waals surface area contributed by atoms with Crippen LogP contribution in [0.5, 0.6) is 0 Å². The molecule has 8 heteroatoms. The Labute approximate surface area is 146 Å². The molecule has 0 aliphatic carbocycles. The fourth-order valence-electron chi connectivity index (χ4n) is 2.12. The lowest BCUT2D eigenvalue weighted by Gasteiger charge is -2.04. The van der Waals surface area contributed by atoms with E-state index in [0.29, 0.717) is 5.01 Å². The number of aryl methyl sites for hydroxylation is 1. The number of hydrogen-bond donors (Lipinski definition) is 1. The van der Waals surface area contributed by atoms with E-state index in [4.69, 9.17) is 0 Å². The Hall–Kier alpha value is -3.13. The SMILES string of the molecule is Cc1ccc(-c2nc(C(=O)Nc3cc([N+](=O)[O-])ccc3F)cs2)cc1. The quantitative estimate of drug-likeness (QED) is 0.553. The fourth-order valence-corrected chi connectivity index (χ4v) is 2.92. The summed E-state index contributed by atoms with van der Waals surface area (Å²) in [4.78, 5) is 26.6. The maximum Gasteiger partial charge on any atom is 0.275 e. The molecule has 25 heavy (non-hydrogen) atoms. The van der Waals surface area contributed by atoms with Crippen molar-refractivity contribution >= 4 is 28.6 Å². The molecule has 126 valence electrons. The Morgan fingerprint density at radius 2 is 1.96 bits per heavy atom. The third-order valence-corrected chi connectivity index (χ3v) is 4.34. The number of benzene rings is 2. The van der Waals surface area contributed by atoms with Gasteiger partial charge in [-0.2, -0.15) is 0 Å². The summed E-state index contributed by atoms with van der Waals surface area (Å²) in [5, 5.41) is 15.3. The highest BCUT2D eigenvalue weighted by atomic mass is 32.1. The Morgan fingerprint density at radius 1 is 1.24 bits per heavy atom. The van der Waals surface area contributed by atoms with Crippen LogP contribution < -0.4 is 5.32 Å². The summed E-state index contributed by atoms with van der Waals surface area (Å²) in [6, 6.07) is 10.6. The zero-order valence-corrected chi connectivity index (χ0v) is 13.8. The molecule has 3 rings (SSSR count). The van der Waals surface area contributed by atoms with Gasteiger partial charge in [-0.3, -0.25) is 14.9 Å². The van der Waals surface area contributed by atoms with Crippen LogP contribution in [0.4, 0.5) is 15.8 Å². The number of thiazole rings is 1. The summed E-state index contributed by atoms with van der Waals surface area (Å²) in [6.45, 7) is 1.97. The van der Waals surface area contributed by atoms with Gasteiger partial charge >= 0.3 is 0 Å². The van der Waals surface area contributed by atoms with Crippen LogP contribution in [0.1, 0.15) is 16.1 Å². The Morgan fingerprint density at radius 3 is 2.64 bits per heavy atom. The van der Waals surface area contributed by atoms with Crippen LogP contribution in [0.3, 0.4) is 0 Å². The van der Waals surface area contributed by atoms with Crippen LogP contribution in [0.15, 0.2) is 47.8 Å². The van der Waals surface area contributed by atoms with Gasteiger partial charge in [-0.1, -0.05) is 29.8 Å². The largest absolute Gasteiger partial charge is 0.318 e. The first kappa shape index (κ1) is 16.7. The van der Waals surface area contributed by atoms with Crippen LogP contribution in [0.2, 0.25) is 0 Å². The summed E-state index contributed by atoms with van der Waals surface area (Å²) in [6.07, 6.45) is 0. The van der Waals surface area contributed by atoms with Crippen LogP contribution >= 0.6 is 11.3 Å². The van der Waals surface area contributed by atoms with Crippen molar-refractivity contribution in [1.29, 1.82) is 0 Å². The summed E-state index contributed by atoms with van der Waals surface area (Å²) < 4.78 is 13.8. The molecule has 1 N–H and O–H groups in total. The molecular formula is C17H12FN3O3S. The Bertz CT molecular complexity index is 954. The van der Waals surface area contributed by atoms with E-state index in [2.05, 4.69) is 10.3 Å². The van der Waals surface area contributed by atoms with Gasteiger partial charge in [0.15, 0.2) is 0 Å². The molecule has 0 unspecified atom stereocenters. The molecule has 6 nitrogen and oxygen atoms in total. The Kier molecular flexibility index (Phi) is 4.53. The highest BCUT2D eigenvalue weighted by Gasteiger charge is 2.16. The molecule has 0 radical (unpaired) electrons. The molecule has 3 aromatic rings. The topological polar surface area (TPSA) is 85.1 Å². The van der Waals surface area contributed by atoms with Gasteiger partial charge in [0, 0.05) is 23.1 Å². The van der Waals surface area contributed by atoms with E-state index in [1.807, 2.05) is 31.2 Å². The first-order chi connectivity index (χ1) is 11.9. The van der Waals surface area contributed by atoms with Gasteiger partial charge < -0.3 is 5.32 Å². The first-order valence-corrected chi connectivity index (χ1v) is 8.10. The highest BCUT2D eigenvalue weighted by molar-refractivity contribution is 7.13. The van der Waals surface area contributed by atoms with Gasteiger partial charge in [-0.25, -0.2) is 9.37 Å². The van der Waals surface area contributed by atoms with Gasteiger partial charge in [0.25, 0.3) is 11.6 Å². The fraction of sp³-hybridized carbons (Fsp3) is 0.0588. The van der Waals surface area contributed by atoms with Crippen LogP contribution in [0.25, 0.3) is 10.6 Å². The van der Waals surface area contributed by atoms with Gasteiger partial charge in [0.05, 0.1) is 10.6 Å². The molecule has 0 bridgehead atoms. The molecule has 0 saturated carbocycles. The molecule has 0 aliphatic heterocycles. The summed E-state index contributed by atoms with van der Waals surface area (Å²) >= 11 is 1.29. The molecule has 0 fully saturated rings. The molecule has 1 aromatic heterocycles. The second-order valence-corrected chi connectivity index (χ2v) is 6.14. The number of aromatic nitrogens is 1. The van der Waals surface area contributed by atoms with Crippen LogP contribution in [-0.4, -0.2) is 15.8 Å². The smallest absolute Gasteiger partial charge is 0.275 e. The third kappa shape index (κ3) is 3.69. The maximum absolute atomic E-state index is 13.8. The average Bonchev–Trinajstić information content (AvgIpc) is 3.07. The number of nitro groups is 1. The van der Waals surface area contributed by atoms with E-state index < -0.39 is 16.6 Å². The number of nitrogens with zero attached hydrogens (tertiary/aromatic N) is 2. The second-order valence-electron chi connectivity index (χ2n) is 5.28. The predicted octanol–water partition coefficient (Wildman–Crippen LogP) is 4.42. The number of carbonyl (C=O) groups is 1. The van der Waals surface area contributed by atoms with Gasteiger partial charge in [-0.15, -0.1) is 11.3 Å². The van der Waals surface area contributed by atoms with Gasteiger partial charge in [-0.05, 0) is 13.0 Å². The number of rotatable bonds is 4. The zero-order valence-electron chi connectivity index (χ0n) is 13.0. The number of nitrogens with one attached hydrogen (secondary N) is 1. The van der Waals surface area contributed by atoms with Crippen molar-refractivity contribution in [3.8, 4) is 10.6 Å². The second kappa shape index (κ2) is 6.78. The van der Waals surface area contributed by atoms with E-state index in [-0.39, 0.29) is 17.1 Å². The van der Waals surface area contributed by atoms with E-state index in [1.54, 1.807) is 5.38 Å². The molecule has 0 atom stereocenters. The third-order valence-electron chi connectivity index (χ3n) is 3.44. The molecule has 2 aromatic carbocycles. The number of halogens is 1. The van der Waals surface area contributed by atoms with E-state index >= 15 is 0 Å². The van der Waals surface area contributed by atoms with Crippen molar-refractivity contribution < 1.29 is 14.1 Å². The highest BCUT2D eigenvalue weighted by Crippen LogP contribution is 2.25. The minimum Gasteiger partial charge on any atom is -0.318 e. The number of non-ortho nitro benzene ring substituents is 1. The van der Waals surface area contributed by atoms with Crippen molar-refractivity contribution in [1.82, 2.24) is 4.98 Å². The van der Waals surface area contributed by atoms with Crippen molar-refractivity contribution in [2.24, 2.45) is 0 Å². The zero-order chi connectivity index (χ0) is 18.0. The van der Waals surface area contributed by atoms with Crippen molar-refractivity contribution in [3.63, 3.8) is 0 Å². The van der Waals surface area contributed by atoms with Gasteiger partial charge in [0.2, 0.25) is 0 Å². The molecule has 1 heterocycles. The normalized spacial score (nSPS) is 10.5. The lowest BCUT2D eigenvalue weighted by atomic mass is 10.2. The van der Waals surface area contributed by atoms with Crippen molar-refractivity contribution in [2.75, 3.05) is 5.32 Å². The summed E-state index contributed by atoms with van der Waals surface area (Å²) in [5.74, 6) is -1.39. The average molecular weight is 357 g/mol. The van der Waals surface area contributed by atoms with Crippen molar-refractivity contribution in [2.45, 2.75) is 6.92 Å². The molecule has 0 aliphatic rings. The number of nitro benzene ring substituents is 1. The summed E-state index contributed by atoms with van der Waals surface area (Å²) in [7, 11) is 0. The van der Waals surface area contributed by atoms with E-state index in [1.165, 1.54) is 11.3 Å². The lowest BCUT2D eigenvalue weighted by molar-refractivity contribution is -0.384. The van der Waals surface area contributed by atoms with Crippen molar-refractivity contribution in [3.05, 3.63) is 75.0 Å². The van der Waals surface area contributed by atoms with E-state index in [9.17, 15) is 19.3 Å².